The van der Waals surface area contributed by atoms with Gasteiger partial charge in [0.2, 0.25) is 0 Å². The third-order valence-electron chi connectivity index (χ3n) is 3.10. The van der Waals surface area contributed by atoms with Gasteiger partial charge in [0.05, 0.1) is 11.3 Å². The maximum atomic E-state index is 11.5. The predicted octanol–water partition coefficient (Wildman–Crippen LogP) is 1.11. The molecule has 2 rings (SSSR count). The second-order valence-electron chi connectivity index (χ2n) is 4.58. The van der Waals surface area contributed by atoms with Crippen LogP contribution < -0.4 is 10.6 Å². The highest BCUT2D eigenvalue weighted by molar-refractivity contribution is 7.08. The van der Waals surface area contributed by atoms with E-state index in [1.165, 1.54) is 11.3 Å². The molecule has 0 unspecified atom stereocenters. The van der Waals surface area contributed by atoms with E-state index in [4.69, 9.17) is 0 Å². The highest BCUT2D eigenvalue weighted by Crippen LogP contribution is 2.28. The second kappa shape index (κ2) is 5.49. The predicted molar refractivity (Wildman–Crippen MR) is 69.4 cm³/mol. The second-order valence-corrected chi connectivity index (χ2v) is 5.36. The normalized spacial score (nSPS) is 17.4. The molecule has 1 fully saturated rings. The molecule has 0 atom stereocenters. The first kappa shape index (κ1) is 13.0. The number of thiophene rings is 1. The van der Waals surface area contributed by atoms with E-state index in [9.17, 15) is 14.7 Å². The average molecular weight is 268 g/mol. The fourth-order valence-corrected chi connectivity index (χ4v) is 2.65. The van der Waals surface area contributed by atoms with E-state index < -0.39 is 17.4 Å². The van der Waals surface area contributed by atoms with E-state index in [-0.39, 0.29) is 6.54 Å². The highest BCUT2D eigenvalue weighted by atomic mass is 32.1. The summed E-state index contributed by atoms with van der Waals surface area (Å²) in [5, 5.41) is 18.6. The summed E-state index contributed by atoms with van der Waals surface area (Å²) in [7, 11) is 0. The van der Waals surface area contributed by atoms with Crippen molar-refractivity contribution in [1.82, 2.24) is 5.32 Å². The molecular weight excluding hydrogens is 252 g/mol. The number of hydrogen-bond acceptors (Lipinski definition) is 4. The maximum absolute atomic E-state index is 11.5. The van der Waals surface area contributed by atoms with E-state index in [1.807, 2.05) is 5.38 Å². The Morgan fingerprint density at radius 2 is 2.06 bits per heavy atom. The number of carbonyl (C=O) groups is 2. The summed E-state index contributed by atoms with van der Waals surface area (Å²) < 4.78 is 0. The van der Waals surface area contributed by atoms with Crippen LogP contribution in [0.25, 0.3) is 0 Å². The summed E-state index contributed by atoms with van der Waals surface area (Å²) >= 11 is 1.44. The Labute approximate surface area is 109 Å². The van der Waals surface area contributed by atoms with Crippen molar-refractivity contribution in [2.24, 2.45) is 0 Å². The smallest absolute Gasteiger partial charge is 0.313 e. The molecule has 2 amide bonds. The molecule has 5 nitrogen and oxygen atoms in total. The molecule has 1 aliphatic carbocycles. The summed E-state index contributed by atoms with van der Waals surface area (Å²) in [6, 6.07) is 1.72. The van der Waals surface area contributed by atoms with Crippen molar-refractivity contribution >= 4 is 28.8 Å². The molecule has 18 heavy (non-hydrogen) atoms. The van der Waals surface area contributed by atoms with Gasteiger partial charge in [0.1, 0.15) is 0 Å². The Balaban J connectivity index is 1.79. The molecule has 0 spiro atoms. The topological polar surface area (TPSA) is 78.4 Å². The van der Waals surface area contributed by atoms with Gasteiger partial charge >= 0.3 is 11.8 Å². The number of nitrogens with one attached hydrogen (secondary N) is 2. The molecule has 98 valence electrons. The van der Waals surface area contributed by atoms with Crippen molar-refractivity contribution in [1.29, 1.82) is 0 Å². The minimum atomic E-state index is -0.835. The van der Waals surface area contributed by atoms with Crippen LogP contribution in [0.3, 0.4) is 0 Å². The van der Waals surface area contributed by atoms with Crippen molar-refractivity contribution in [3.05, 3.63) is 16.8 Å². The molecule has 1 saturated carbocycles. The minimum absolute atomic E-state index is 0.142. The first-order valence-corrected chi connectivity index (χ1v) is 6.87. The van der Waals surface area contributed by atoms with Gasteiger partial charge in [0, 0.05) is 11.9 Å². The average Bonchev–Trinajstić information content (AvgIpc) is 2.98. The van der Waals surface area contributed by atoms with Gasteiger partial charge in [0.25, 0.3) is 0 Å². The van der Waals surface area contributed by atoms with Crippen LogP contribution in [-0.4, -0.2) is 29.1 Å². The number of anilines is 1. The fourth-order valence-electron chi connectivity index (χ4n) is 2.06. The van der Waals surface area contributed by atoms with E-state index in [2.05, 4.69) is 10.6 Å². The summed E-state index contributed by atoms with van der Waals surface area (Å²) in [5.74, 6) is -1.41. The Kier molecular flexibility index (Phi) is 3.98. The zero-order chi connectivity index (χ0) is 13.0. The SMILES string of the molecule is O=C(NCC1(O)CCCC1)C(=O)Nc1ccsc1. The summed E-state index contributed by atoms with van der Waals surface area (Å²) in [6.07, 6.45) is 3.29. The van der Waals surface area contributed by atoms with Gasteiger partial charge in [-0.25, -0.2) is 0 Å². The largest absolute Gasteiger partial charge is 0.388 e. The lowest BCUT2D eigenvalue weighted by Gasteiger charge is -2.21. The van der Waals surface area contributed by atoms with Crippen LogP contribution in [0.4, 0.5) is 5.69 Å². The Hall–Kier alpha value is -1.40. The van der Waals surface area contributed by atoms with Gasteiger partial charge in [-0.1, -0.05) is 12.8 Å². The number of hydrogen-bond donors (Lipinski definition) is 3. The highest BCUT2D eigenvalue weighted by Gasteiger charge is 2.31. The summed E-state index contributed by atoms with van der Waals surface area (Å²) in [5.41, 5.74) is -0.224. The lowest BCUT2D eigenvalue weighted by atomic mass is 10.0. The quantitative estimate of drug-likeness (QED) is 0.718. The van der Waals surface area contributed by atoms with Gasteiger partial charge < -0.3 is 15.7 Å². The Morgan fingerprint density at radius 3 is 2.67 bits per heavy atom. The van der Waals surface area contributed by atoms with Crippen molar-refractivity contribution in [3.8, 4) is 0 Å². The monoisotopic (exact) mass is 268 g/mol. The molecule has 0 saturated heterocycles. The summed E-state index contributed by atoms with van der Waals surface area (Å²) in [4.78, 5) is 23.1. The van der Waals surface area contributed by atoms with Crippen LogP contribution in [0.1, 0.15) is 25.7 Å². The van der Waals surface area contributed by atoms with E-state index in [0.29, 0.717) is 18.5 Å². The van der Waals surface area contributed by atoms with Crippen molar-refractivity contribution in [2.75, 3.05) is 11.9 Å². The molecule has 1 aromatic heterocycles. The molecule has 6 heteroatoms. The van der Waals surface area contributed by atoms with E-state index in [1.54, 1.807) is 11.4 Å². The van der Waals surface area contributed by atoms with Gasteiger partial charge in [-0.3, -0.25) is 9.59 Å². The van der Waals surface area contributed by atoms with E-state index >= 15 is 0 Å². The van der Waals surface area contributed by atoms with Gasteiger partial charge in [0.15, 0.2) is 0 Å². The standard InChI is InChI=1S/C12H16N2O3S/c15-10(11(16)14-9-3-6-18-7-9)13-8-12(17)4-1-2-5-12/h3,6-7,17H,1-2,4-5,8H2,(H,13,15)(H,14,16). The number of carbonyl (C=O) groups excluding carboxylic acids is 2. The first-order valence-electron chi connectivity index (χ1n) is 5.93. The van der Waals surface area contributed by atoms with Crippen molar-refractivity contribution < 1.29 is 14.7 Å². The van der Waals surface area contributed by atoms with Crippen LogP contribution in [0.15, 0.2) is 16.8 Å². The van der Waals surface area contributed by atoms with Crippen LogP contribution in [0, 0.1) is 0 Å². The number of rotatable bonds is 3. The molecule has 0 aliphatic heterocycles. The molecule has 0 bridgehead atoms. The third kappa shape index (κ3) is 3.30. The molecule has 1 aromatic rings. The number of aliphatic hydroxyl groups is 1. The Morgan fingerprint density at radius 1 is 1.33 bits per heavy atom. The van der Waals surface area contributed by atoms with Gasteiger partial charge in [-0.2, -0.15) is 11.3 Å². The number of amides is 2. The lowest BCUT2D eigenvalue weighted by Crippen LogP contribution is -2.44. The van der Waals surface area contributed by atoms with E-state index in [0.717, 1.165) is 12.8 Å². The molecule has 0 aromatic carbocycles. The molecular formula is C12H16N2O3S. The molecule has 0 radical (unpaired) electrons. The van der Waals surface area contributed by atoms with Crippen LogP contribution in [-0.2, 0) is 9.59 Å². The van der Waals surface area contributed by atoms with Crippen LogP contribution in [0.5, 0.6) is 0 Å². The maximum Gasteiger partial charge on any atom is 0.313 e. The fraction of sp³-hybridized carbons (Fsp3) is 0.500. The third-order valence-corrected chi connectivity index (χ3v) is 3.78. The van der Waals surface area contributed by atoms with Crippen LogP contribution in [0.2, 0.25) is 0 Å². The van der Waals surface area contributed by atoms with Gasteiger partial charge in [-0.15, -0.1) is 0 Å². The molecule has 1 heterocycles. The minimum Gasteiger partial charge on any atom is -0.388 e. The van der Waals surface area contributed by atoms with Crippen LogP contribution >= 0.6 is 11.3 Å². The Bertz CT molecular complexity index is 425. The zero-order valence-corrected chi connectivity index (χ0v) is 10.8. The van der Waals surface area contributed by atoms with Gasteiger partial charge in [-0.05, 0) is 24.3 Å². The molecule has 1 aliphatic rings. The zero-order valence-electron chi connectivity index (χ0n) is 9.94. The first-order chi connectivity index (χ1) is 8.59. The van der Waals surface area contributed by atoms with Crippen molar-refractivity contribution in [2.45, 2.75) is 31.3 Å². The summed E-state index contributed by atoms with van der Waals surface area (Å²) in [6.45, 7) is 0.142. The van der Waals surface area contributed by atoms with Crippen molar-refractivity contribution in [3.63, 3.8) is 0 Å². The lowest BCUT2D eigenvalue weighted by molar-refractivity contribution is -0.136. The molecule has 3 N–H and O–H groups in total.